The van der Waals surface area contributed by atoms with Crippen LogP contribution in [0, 0.1) is 10.1 Å². The summed E-state index contributed by atoms with van der Waals surface area (Å²) in [5, 5.41) is 10.9. The molecular weight excluding hydrogens is 244 g/mol. The molecule has 6 heteroatoms. The number of rotatable bonds is 3. The first-order chi connectivity index (χ1) is 8.15. The van der Waals surface area contributed by atoms with Crippen molar-refractivity contribution < 1.29 is 9.66 Å². The normalized spacial score (nSPS) is 9.94. The molecule has 0 atom stereocenters. The van der Waals surface area contributed by atoms with Crippen molar-refractivity contribution in [3.8, 4) is 11.5 Å². The molecular formula is C11H7ClN2O3. The molecule has 17 heavy (non-hydrogen) atoms. The highest BCUT2D eigenvalue weighted by atomic mass is 35.5. The zero-order chi connectivity index (χ0) is 12.3. The Hall–Kier alpha value is -2.14. The van der Waals surface area contributed by atoms with Gasteiger partial charge in [-0.1, -0.05) is 17.7 Å². The van der Waals surface area contributed by atoms with Crippen LogP contribution in [0.2, 0.25) is 5.15 Å². The van der Waals surface area contributed by atoms with Gasteiger partial charge in [0, 0.05) is 18.3 Å². The third-order valence-corrected chi connectivity index (χ3v) is 2.17. The van der Waals surface area contributed by atoms with E-state index in [-0.39, 0.29) is 5.69 Å². The molecule has 0 N–H and O–H groups in total. The van der Waals surface area contributed by atoms with Crippen LogP contribution in [0.3, 0.4) is 0 Å². The molecule has 2 aromatic rings. The van der Waals surface area contributed by atoms with E-state index in [1.807, 2.05) is 0 Å². The zero-order valence-corrected chi connectivity index (χ0v) is 9.29. The van der Waals surface area contributed by atoms with Gasteiger partial charge in [-0.3, -0.25) is 10.1 Å². The standard InChI is InChI=1S/C11H7ClN2O3/c12-11-7-10(4-5-13-11)17-9-3-1-2-8(6-9)14(15)16/h1-7H. The fraction of sp³-hybridized carbons (Fsp3) is 0. The van der Waals surface area contributed by atoms with Gasteiger partial charge in [0.15, 0.2) is 0 Å². The van der Waals surface area contributed by atoms with Crippen LogP contribution in [0.5, 0.6) is 11.5 Å². The second-order valence-corrected chi connectivity index (χ2v) is 3.56. The Kier molecular flexibility index (Phi) is 3.20. The molecule has 0 fully saturated rings. The van der Waals surface area contributed by atoms with Gasteiger partial charge in [0.1, 0.15) is 16.7 Å². The number of non-ortho nitro benzene ring substituents is 1. The van der Waals surface area contributed by atoms with Crippen molar-refractivity contribution in [3.05, 3.63) is 57.9 Å². The van der Waals surface area contributed by atoms with Gasteiger partial charge in [0.25, 0.3) is 5.69 Å². The van der Waals surface area contributed by atoms with E-state index >= 15 is 0 Å². The number of nitrogens with zero attached hydrogens (tertiary/aromatic N) is 2. The molecule has 1 aromatic heterocycles. The average Bonchev–Trinajstić information content (AvgIpc) is 2.29. The van der Waals surface area contributed by atoms with E-state index in [2.05, 4.69) is 4.98 Å². The van der Waals surface area contributed by atoms with Crippen molar-refractivity contribution in [2.24, 2.45) is 0 Å². The highest BCUT2D eigenvalue weighted by Crippen LogP contribution is 2.25. The van der Waals surface area contributed by atoms with Crippen LogP contribution < -0.4 is 4.74 Å². The van der Waals surface area contributed by atoms with Gasteiger partial charge in [-0.05, 0) is 12.1 Å². The Bertz CT molecular complexity index is 560. The maximum atomic E-state index is 10.6. The van der Waals surface area contributed by atoms with E-state index in [1.54, 1.807) is 18.2 Å². The van der Waals surface area contributed by atoms with E-state index in [9.17, 15) is 10.1 Å². The minimum Gasteiger partial charge on any atom is -0.457 e. The molecule has 0 unspecified atom stereocenters. The fourth-order valence-corrected chi connectivity index (χ4v) is 1.41. The van der Waals surface area contributed by atoms with Crippen LogP contribution in [0.4, 0.5) is 5.69 Å². The maximum Gasteiger partial charge on any atom is 0.273 e. The molecule has 2 rings (SSSR count). The minimum atomic E-state index is -0.480. The topological polar surface area (TPSA) is 65.3 Å². The summed E-state index contributed by atoms with van der Waals surface area (Å²) in [5.41, 5.74) is -0.0253. The highest BCUT2D eigenvalue weighted by molar-refractivity contribution is 6.29. The Balaban J connectivity index is 2.24. The van der Waals surface area contributed by atoms with Gasteiger partial charge in [0.05, 0.1) is 11.0 Å². The number of aromatic nitrogens is 1. The number of hydrogen-bond donors (Lipinski definition) is 0. The van der Waals surface area contributed by atoms with Crippen LogP contribution in [-0.2, 0) is 0 Å². The smallest absolute Gasteiger partial charge is 0.273 e. The Morgan fingerprint density at radius 3 is 2.71 bits per heavy atom. The van der Waals surface area contributed by atoms with Crippen LogP contribution >= 0.6 is 11.6 Å². The lowest BCUT2D eigenvalue weighted by Gasteiger charge is -2.04. The van der Waals surface area contributed by atoms with Gasteiger partial charge in [-0.25, -0.2) is 4.98 Å². The predicted octanol–water partition coefficient (Wildman–Crippen LogP) is 3.44. The molecule has 0 saturated carbocycles. The second-order valence-electron chi connectivity index (χ2n) is 3.17. The third kappa shape index (κ3) is 2.92. The van der Waals surface area contributed by atoms with Crippen molar-refractivity contribution in [2.45, 2.75) is 0 Å². The van der Waals surface area contributed by atoms with E-state index in [1.165, 1.54) is 24.4 Å². The molecule has 0 aliphatic carbocycles. The first-order valence-corrected chi connectivity index (χ1v) is 5.07. The Labute approximate surface area is 102 Å². The average molecular weight is 251 g/mol. The van der Waals surface area contributed by atoms with Gasteiger partial charge < -0.3 is 4.74 Å². The summed E-state index contributed by atoms with van der Waals surface area (Å²) in [6, 6.07) is 9.06. The summed E-state index contributed by atoms with van der Waals surface area (Å²) in [7, 11) is 0. The largest absolute Gasteiger partial charge is 0.457 e. The molecule has 5 nitrogen and oxygen atoms in total. The van der Waals surface area contributed by atoms with E-state index < -0.39 is 4.92 Å². The molecule has 0 radical (unpaired) electrons. The molecule has 0 aliphatic rings. The number of nitro groups is 1. The molecule has 86 valence electrons. The molecule has 1 heterocycles. The van der Waals surface area contributed by atoms with Crippen LogP contribution in [0.1, 0.15) is 0 Å². The summed E-state index contributed by atoms with van der Waals surface area (Å²) in [6.07, 6.45) is 1.50. The number of benzene rings is 1. The fourth-order valence-electron chi connectivity index (χ4n) is 1.24. The van der Waals surface area contributed by atoms with Crippen molar-refractivity contribution in [1.82, 2.24) is 4.98 Å². The third-order valence-electron chi connectivity index (χ3n) is 1.96. The van der Waals surface area contributed by atoms with E-state index in [4.69, 9.17) is 16.3 Å². The summed E-state index contributed by atoms with van der Waals surface area (Å²) >= 11 is 5.69. The number of nitro benzene ring substituents is 1. The molecule has 0 spiro atoms. The number of pyridine rings is 1. The van der Waals surface area contributed by atoms with Crippen molar-refractivity contribution >= 4 is 17.3 Å². The summed E-state index contributed by atoms with van der Waals surface area (Å²) in [6.45, 7) is 0. The van der Waals surface area contributed by atoms with Crippen molar-refractivity contribution in [3.63, 3.8) is 0 Å². The first kappa shape index (κ1) is 11.3. The van der Waals surface area contributed by atoms with Gasteiger partial charge in [-0.15, -0.1) is 0 Å². The second kappa shape index (κ2) is 4.80. The highest BCUT2D eigenvalue weighted by Gasteiger charge is 2.07. The monoisotopic (exact) mass is 250 g/mol. The lowest BCUT2D eigenvalue weighted by molar-refractivity contribution is -0.384. The summed E-state index contributed by atoms with van der Waals surface area (Å²) in [5.74, 6) is 0.854. The minimum absolute atomic E-state index is 0.0253. The molecule has 1 aromatic carbocycles. The SMILES string of the molecule is O=[N+]([O-])c1cccc(Oc2ccnc(Cl)c2)c1. The molecule has 0 bridgehead atoms. The maximum absolute atomic E-state index is 10.6. The van der Waals surface area contributed by atoms with Crippen molar-refractivity contribution in [2.75, 3.05) is 0 Å². The van der Waals surface area contributed by atoms with E-state index in [0.29, 0.717) is 16.7 Å². The Morgan fingerprint density at radius 1 is 1.24 bits per heavy atom. The number of hydrogen-bond acceptors (Lipinski definition) is 4. The number of ether oxygens (including phenoxy) is 1. The quantitative estimate of drug-likeness (QED) is 0.475. The van der Waals surface area contributed by atoms with Crippen LogP contribution in [0.15, 0.2) is 42.6 Å². The summed E-state index contributed by atoms with van der Waals surface area (Å²) in [4.78, 5) is 13.9. The molecule has 0 aliphatic heterocycles. The van der Waals surface area contributed by atoms with Crippen LogP contribution in [0.25, 0.3) is 0 Å². The van der Waals surface area contributed by atoms with Crippen molar-refractivity contribution in [1.29, 1.82) is 0 Å². The van der Waals surface area contributed by atoms with E-state index in [0.717, 1.165) is 0 Å². The summed E-state index contributed by atoms with van der Waals surface area (Å²) < 4.78 is 5.42. The first-order valence-electron chi connectivity index (χ1n) is 4.69. The van der Waals surface area contributed by atoms with Gasteiger partial charge >= 0.3 is 0 Å². The predicted molar refractivity (Wildman–Crippen MR) is 62.4 cm³/mol. The van der Waals surface area contributed by atoms with Gasteiger partial charge in [-0.2, -0.15) is 0 Å². The molecule has 0 saturated heterocycles. The zero-order valence-electron chi connectivity index (χ0n) is 8.54. The molecule has 0 amide bonds. The van der Waals surface area contributed by atoms with Crippen LogP contribution in [-0.4, -0.2) is 9.91 Å². The lowest BCUT2D eigenvalue weighted by atomic mass is 10.3. The lowest BCUT2D eigenvalue weighted by Crippen LogP contribution is -1.89. The Morgan fingerprint density at radius 2 is 2.00 bits per heavy atom. The van der Waals surface area contributed by atoms with Gasteiger partial charge in [0.2, 0.25) is 0 Å². The number of halogens is 1.